The van der Waals surface area contributed by atoms with Crippen molar-refractivity contribution in [2.45, 2.75) is 57.7 Å². The predicted octanol–water partition coefficient (Wildman–Crippen LogP) is 3.52. The van der Waals surface area contributed by atoms with Crippen molar-refractivity contribution in [3.8, 4) is 0 Å². The molecule has 0 heterocycles. The van der Waals surface area contributed by atoms with Crippen molar-refractivity contribution in [2.75, 3.05) is 0 Å². The van der Waals surface area contributed by atoms with E-state index in [1.165, 1.54) is 0 Å². The van der Waals surface area contributed by atoms with Crippen molar-refractivity contribution in [1.29, 1.82) is 0 Å². The number of rotatable bonds is 3. The molecular formula is C11H19F3O. The van der Waals surface area contributed by atoms with Crippen LogP contribution in [0.3, 0.4) is 0 Å². The molecule has 1 fully saturated rings. The second kappa shape index (κ2) is 5.19. The van der Waals surface area contributed by atoms with Crippen LogP contribution in [-0.2, 0) is 0 Å². The number of alkyl halides is 3. The second-order valence-electron chi connectivity index (χ2n) is 4.59. The van der Waals surface area contributed by atoms with Crippen LogP contribution in [-0.4, -0.2) is 17.4 Å². The number of halogens is 3. The summed E-state index contributed by atoms with van der Waals surface area (Å²) >= 11 is 0. The molecule has 0 aromatic heterocycles. The molecule has 0 spiro atoms. The first-order valence-electron chi connectivity index (χ1n) is 5.67. The second-order valence-corrected chi connectivity index (χ2v) is 4.59. The Balaban J connectivity index is 2.41. The first kappa shape index (κ1) is 12.8. The molecule has 0 amide bonds. The summed E-state index contributed by atoms with van der Waals surface area (Å²) in [7, 11) is 0. The van der Waals surface area contributed by atoms with Gasteiger partial charge in [-0.05, 0) is 24.7 Å². The van der Waals surface area contributed by atoms with Crippen LogP contribution in [0.25, 0.3) is 0 Å². The average molecular weight is 224 g/mol. The molecule has 4 heteroatoms. The maximum absolute atomic E-state index is 12.1. The summed E-state index contributed by atoms with van der Waals surface area (Å²) in [6, 6.07) is 0. The number of aliphatic hydroxyl groups excluding tert-OH is 1. The van der Waals surface area contributed by atoms with Gasteiger partial charge in [0.1, 0.15) is 0 Å². The fourth-order valence-electron chi connectivity index (χ4n) is 2.46. The van der Waals surface area contributed by atoms with Crippen LogP contribution in [0.1, 0.15) is 45.4 Å². The number of hydrogen-bond donors (Lipinski definition) is 1. The fraction of sp³-hybridized carbons (Fsp3) is 1.00. The molecule has 0 aromatic rings. The molecule has 1 aliphatic carbocycles. The predicted molar refractivity (Wildman–Crippen MR) is 52.4 cm³/mol. The Morgan fingerprint density at radius 3 is 2.53 bits per heavy atom. The van der Waals surface area contributed by atoms with Crippen molar-refractivity contribution >= 4 is 0 Å². The Morgan fingerprint density at radius 1 is 1.33 bits per heavy atom. The van der Waals surface area contributed by atoms with Crippen molar-refractivity contribution in [1.82, 2.24) is 0 Å². The Labute approximate surface area is 88.7 Å². The fourth-order valence-corrected chi connectivity index (χ4v) is 2.46. The standard InChI is InChI=1S/C11H19F3O/c1-2-8-4-3-5-9(6-8)10(15)7-11(12,13)14/h8-10,15H,2-7H2,1H3. The lowest BCUT2D eigenvalue weighted by atomic mass is 9.77. The molecule has 0 radical (unpaired) electrons. The SMILES string of the molecule is CCC1CCCC(C(O)CC(F)(F)F)C1. The minimum Gasteiger partial charge on any atom is -0.392 e. The molecule has 3 atom stereocenters. The third kappa shape index (κ3) is 4.41. The maximum atomic E-state index is 12.1. The van der Waals surface area contributed by atoms with Crippen LogP contribution in [0.5, 0.6) is 0 Å². The normalized spacial score (nSPS) is 30.2. The molecule has 90 valence electrons. The van der Waals surface area contributed by atoms with Gasteiger partial charge in [-0.1, -0.05) is 26.2 Å². The highest BCUT2D eigenvalue weighted by molar-refractivity contribution is 4.79. The molecule has 0 aromatic carbocycles. The van der Waals surface area contributed by atoms with E-state index in [1.807, 2.05) is 0 Å². The van der Waals surface area contributed by atoms with Gasteiger partial charge in [0, 0.05) is 0 Å². The molecule has 0 saturated heterocycles. The Hall–Kier alpha value is -0.250. The largest absolute Gasteiger partial charge is 0.392 e. The molecule has 1 nitrogen and oxygen atoms in total. The lowest BCUT2D eigenvalue weighted by Crippen LogP contribution is -2.30. The molecule has 1 N–H and O–H groups in total. The minimum absolute atomic E-state index is 0.148. The Kier molecular flexibility index (Phi) is 4.44. The molecule has 0 bridgehead atoms. The lowest BCUT2D eigenvalue weighted by Gasteiger charge is -2.32. The highest BCUT2D eigenvalue weighted by Gasteiger charge is 2.36. The summed E-state index contributed by atoms with van der Waals surface area (Å²) in [4.78, 5) is 0. The zero-order valence-corrected chi connectivity index (χ0v) is 9.06. The third-order valence-corrected chi connectivity index (χ3v) is 3.39. The van der Waals surface area contributed by atoms with Crippen LogP contribution in [0.4, 0.5) is 13.2 Å². The van der Waals surface area contributed by atoms with Gasteiger partial charge in [0.25, 0.3) is 0 Å². The highest BCUT2D eigenvalue weighted by atomic mass is 19.4. The van der Waals surface area contributed by atoms with Crippen LogP contribution in [0, 0.1) is 11.8 Å². The first-order valence-corrected chi connectivity index (χ1v) is 5.67. The van der Waals surface area contributed by atoms with Gasteiger partial charge >= 0.3 is 6.18 Å². The Bertz CT molecular complexity index is 191. The van der Waals surface area contributed by atoms with Crippen LogP contribution in [0.2, 0.25) is 0 Å². The van der Waals surface area contributed by atoms with Gasteiger partial charge in [-0.2, -0.15) is 13.2 Å². The van der Waals surface area contributed by atoms with E-state index in [-0.39, 0.29) is 5.92 Å². The van der Waals surface area contributed by atoms with E-state index in [9.17, 15) is 18.3 Å². The van der Waals surface area contributed by atoms with Gasteiger partial charge in [-0.15, -0.1) is 0 Å². The maximum Gasteiger partial charge on any atom is 0.391 e. The van der Waals surface area contributed by atoms with Crippen molar-refractivity contribution in [2.24, 2.45) is 11.8 Å². The van der Waals surface area contributed by atoms with Gasteiger partial charge in [0.15, 0.2) is 0 Å². The van der Waals surface area contributed by atoms with Crippen molar-refractivity contribution in [3.63, 3.8) is 0 Å². The summed E-state index contributed by atoms with van der Waals surface area (Å²) in [5, 5.41) is 9.50. The topological polar surface area (TPSA) is 20.2 Å². The van der Waals surface area contributed by atoms with Crippen LogP contribution in [0.15, 0.2) is 0 Å². The number of aliphatic hydroxyl groups is 1. The van der Waals surface area contributed by atoms with Gasteiger partial charge in [0.2, 0.25) is 0 Å². The van der Waals surface area contributed by atoms with Gasteiger partial charge < -0.3 is 5.11 Å². The molecule has 15 heavy (non-hydrogen) atoms. The van der Waals surface area contributed by atoms with Crippen molar-refractivity contribution in [3.05, 3.63) is 0 Å². The van der Waals surface area contributed by atoms with Gasteiger partial charge in [0.05, 0.1) is 12.5 Å². The third-order valence-electron chi connectivity index (χ3n) is 3.39. The molecule has 1 saturated carbocycles. The van der Waals surface area contributed by atoms with E-state index in [4.69, 9.17) is 0 Å². The van der Waals surface area contributed by atoms with Crippen LogP contribution < -0.4 is 0 Å². The summed E-state index contributed by atoms with van der Waals surface area (Å²) in [5.74, 6) is 0.358. The molecule has 3 unspecified atom stereocenters. The summed E-state index contributed by atoms with van der Waals surface area (Å²) < 4.78 is 36.2. The van der Waals surface area contributed by atoms with E-state index in [1.54, 1.807) is 0 Å². The zero-order valence-electron chi connectivity index (χ0n) is 9.06. The minimum atomic E-state index is -4.24. The quantitative estimate of drug-likeness (QED) is 0.777. The summed E-state index contributed by atoms with van der Waals surface area (Å²) in [6.45, 7) is 2.06. The molecule has 0 aliphatic heterocycles. The first-order chi connectivity index (χ1) is 6.92. The lowest BCUT2D eigenvalue weighted by molar-refractivity contribution is -0.161. The van der Waals surface area contributed by atoms with E-state index in [0.29, 0.717) is 5.92 Å². The monoisotopic (exact) mass is 224 g/mol. The zero-order chi connectivity index (χ0) is 11.5. The highest BCUT2D eigenvalue weighted by Crippen LogP contribution is 2.36. The number of hydrogen-bond acceptors (Lipinski definition) is 1. The van der Waals surface area contributed by atoms with Crippen LogP contribution >= 0.6 is 0 Å². The van der Waals surface area contributed by atoms with E-state index in [2.05, 4.69) is 6.92 Å². The van der Waals surface area contributed by atoms with E-state index in [0.717, 1.165) is 32.1 Å². The molecule has 1 aliphatic rings. The van der Waals surface area contributed by atoms with E-state index < -0.39 is 18.7 Å². The molecular weight excluding hydrogens is 205 g/mol. The molecule has 1 rings (SSSR count). The van der Waals surface area contributed by atoms with E-state index >= 15 is 0 Å². The van der Waals surface area contributed by atoms with Gasteiger partial charge in [-0.3, -0.25) is 0 Å². The van der Waals surface area contributed by atoms with Gasteiger partial charge in [-0.25, -0.2) is 0 Å². The van der Waals surface area contributed by atoms with Crippen molar-refractivity contribution < 1.29 is 18.3 Å². The average Bonchev–Trinajstić information content (AvgIpc) is 2.15. The Morgan fingerprint density at radius 2 is 2.00 bits per heavy atom. The summed E-state index contributed by atoms with van der Waals surface area (Å²) in [5.41, 5.74) is 0. The summed E-state index contributed by atoms with van der Waals surface area (Å²) in [6.07, 6.45) is -1.91. The smallest absolute Gasteiger partial charge is 0.391 e.